The number of amides is 8. The van der Waals surface area contributed by atoms with Gasteiger partial charge in [-0.15, -0.1) is 0 Å². The minimum Gasteiger partial charge on any atom is -0.458 e. The summed E-state index contributed by atoms with van der Waals surface area (Å²) < 4.78 is 28.0. The Labute approximate surface area is 462 Å². The van der Waals surface area contributed by atoms with Gasteiger partial charge in [0.25, 0.3) is 5.56 Å². The molecule has 22 heteroatoms. The summed E-state index contributed by atoms with van der Waals surface area (Å²) in [7, 11) is 0. The Kier molecular flexibility index (Phi) is 18.6. The van der Waals surface area contributed by atoms with E-state index in [1.165, 1.54) is 11.0 Å². The summed E-state index contributed by atoms with van der Waals surface area (Å²) in [6.45, 7) is 8.62. The van der Waals surface area contributed by atoms with Crippen LogP contribution in [0.5, 0.6) is 0 Å². The van der Waals surface area contributed by atoms with Gasteiger partial charge >= 0.3 is 5.97 Å². The van der Waals surface area contributed by atoms with Gasteiger partial charge in [0.1, 0.15) is 18.5 Å². The maximum atomic E-state index is 15.4. The fraction of sp³-hybridized carbons (Fsp3) is 0.500. The Morgan fingerprint density at radius 2 is 1.55 bits per heavy atom. The highest BCUT2D eigenvalue weighted by Crippen LogP contribution is 2.46. The molecule has 4 atom stereocenters. The number of unbranched alkanes of at least 4 members (excludes halogenated alkanes) is 2. The van der Waals surface area contributed by atoms with Gasteiger partial charge in [-0.05, 0) is 79.7 Å². The fourth-order valence-electron chi connectivity index (χ4n) is 11.0. The van der Waals surface area contributed by atoms with Gasteiger partial charge in [0.05, 0.1) is 60.6 Å². The molecule has 2 unspecified atom stereocenters. The summed E-state index contributed by atoms with van der Waals surface area (Å²) in [5.74, 6) is -4.88. The molecule has 1 saturated heterocycles. The van der Waals surface area contributed by atoms with E-state index in [9.17, 15) is 47.9 Å². The number of halogens is 1. The topological polar surface area (TPSA) is 282 Å². The van der Waals surface area contributed by atoms with Crippen LogP contribution in [0.1, 0.15) is 137 Å². The number of esters is 1. The molecule has 4 aromatic rings. The number of cyclic esters (lactones) is 1. The number of aryl methyl sites for hydroxylation is 1. The number of fused-ring (bicyclic) bond motifs is 5. The molecule has 21 nitrogen and oxygen atoms in total. The number of likely N-dealkylation sites (tertiary alicyclic amines) is 1. The molecule has 1 fully saturated rings. The van der Waals surface area contributed by atoms with Crippen molar-refractivity contribution in [1.29, 1.82) is 0 Å². The number of benzene rings is 2. The first-order valence-electron chi connectivity index (χ1n) is 27.5. The van der Waals surface area contributed by atoms with Gasteiger partial charge in [0.15, 0.2) is 6.10 Å². The van der Waals surface area contributed by atoms with Gasteiger partial charge < -0.3 is 45.9 Å². The molecule has 0 radical (unpaired) electrons. The lowest BCUT2D eigenvalue weighted by atomic mass is 9.76. The molecule has 8 amide bonds. The van der Waals surface area contributed by atoms with Crippen LogP contribution in [0.15, 0.2) is 47.3 Å². The van der Waals surface area contributed by atoms with Gasteiger partial charge in [0.2, 0.25) is 47.3 Å². The maximum Gasteiger partial charge on any atom is 0.340 e. The summed E-state index contributed by atoms with van der Waals surface area (Å²) in [6, 6.07) is 10.3. The molecule has 0 saturated carbocycles. The van der Waals surface area contributed by atoms with Crippen LogP contribution >= 0.6 is 0 Å². The number of carbonyl (C=O) groups excluding carboxylic acids is 9. The molecule has 0 spiro atoms. The van der Waals surface area contributed by atoms with E-state index in [4.69, 9.17) is 14.5 Å². The van der Waals surface area contributed by atoms with Crippen LogP contribution < -0.4 is 37.5 Å². The Bertz CT molecular complexity index is 3180. The molecular formula is C58H70FN9O12. The molecule has 1 aliphatic carbocycles. The van der Waals surface area contributed by atoms with Crippen molar-refractivity contribution >= 4 is 64.1 Å². The van der Waals surface area contributed by atoms with E-state index in [1.807, 2.05) is 20.8 Å². The zero-order valence-electron chi connectivity index (χ0n) is 45.9. The summed E-state index contributed by atoms with van der Waals surface area (Å²) in [4.78, 5) is 136. The third-order valence-electron chi connectivity index (χ3n) is 15.8. The van der Waals surface area contributed by atoms with Gasteiger partial charge in [-0.3, -0.25) is 48.1 Å². The second-order valence-electron chi connectivity index (χ2n) is 21.5. The van der Waals surface area contributed by atoms with Gasteiger partial charge in [-0.2, -0.15) is 0 Å². The monoisotopic (exact) mass is 1100 g/mol. The SMILES string of the molecule is CCOC1C(=O)OCc2c1cc1n(c2=O)Cc2c-1nc1cc(F)c(C)c3c1c2[C@@H](NC(=O)CCCNC(=O)CNC(=O)[C@H](Cc1ccccc1)NC(=O)CNC(=O)CNC(=O)CCCCCN1C(=O)CC(C(C)(C)CC)C1=O)CC3. The molecule has 4 aliphatic rings. The van der Waals surface area contributed by atoms with Crippen molar-refractivity contribution in [3.63, 3.8) is 0 Å². The second kappa shape index (κ2) is 25.5. The first-order chi connectivity index (χ1) is 38.3. The predicted molar refractivity (Wildman–Crippen MR) is 289 cm³/mol. The number of aromatic nitrogens is 2. The quantitative estimate of drug-likeness (QED) is 0.0278. The number of hydrogen-bond acceptors (Lipinski definition) is 13. The summed E-state index contributed by atoms with van der Waals surface area (Å²) >= 11 is 0. The highest BCUT2D eigenvalue weighted by atomic mass is 19.1. The van der Waals surface area contributed by atoms with Crippen LogP contribution in [0.3, 0.4) is 0 Å². The van der Waals surface area contributed by atoms with E-state index in [0.717, 1.165) is 22.9 Å². The fourth-order valence-corrected chi connectivity index (χ4v) is 11.0. The molecule has 2 aromatic heterocycles. The molecule has 426 valence electrons. The first kappa shape index (κ1) is 58.3. The van der Waals surface area contributed by atoms with Crippen molar-refractivity contribution in [1.82, 2.24) is 46.4 Å². The number of pyridine rings is 2. The minimum atomic E-state index is -1.13. The molecule has 8 rings (SSSR count). The first-order valence-corrected chi connectivity index (χ1v) is 27.5. The van der Waals surface area contributed by atoms with Crippen molar-refractivity contribution in [2.75, 3.05) is 39.3 Å². The van der Waals surface area contributed by atoms with E-state index in [-0.39, 0.29) is 105 Å². The number of rotatable bonds is 25. The van der Waals surface area contributed by atoms with E-state index >= 15 is 4.39 Å². The molecule has 2 aromatic carbocycles. The Morgan fingerprint density at radius 3 is 2.30 bits per heavy atom. The van der Waals surface area contributed by atoms with Crippen LogP contribution in [0.4, 0.5) is 4.39 Å². The number of nitrogens with zero attached hydrogens (tertiary/aromatic N) is 3. The average Bonchev–Trinajstić information content (AvgIpc) is 4.17. The van der Waals surface area contributed by atoms with Crippen LogP contribution in [-0.4, -0.2) is 113 Å². The number of carbonyl (C=O) groups is 9. The maximum absolute atomic E-state index is 15.4. The molecule has 0 bridgehead atoms. The lowest BCUT2D eigenvalue weighted by Gasteiger charge is -2.30. The van der Waals surface area contributed by atoms with Gasteiger partial charge in [0, 0.05) is 68.0 Å². The van der Waals surface area contributed by atoms with Crippen LogP contribution in [-0.2, 0) is 78.6 Å². The Hall–Kier alpha value is -7.88. The zero-order valence-corrected chi connectivity index (χ0v) is 45.9. The Morgan fingerprint density at radius 1 is 0.838 bits per heavy atom. The summed E-state index contributed by atoms with van der Waals surface area (Å²) in [5, 5.41) is 16.7. The molecule has 6 N–H and O–H groups in total. The lowest BCUT2D eigenvalue weighted by Crippen LogP contribution is -2.52. The zero-order chi connectivity index (χ0) is 57.4. The lowest BCUT2D eigenvalue weighted by molar-refractivity contribution is -0.161. The smallest absolute Gasteiger partial charge is 0.340 e. The number of imide groups is 1. The number of hydrogen-bond donors (Lipinski definition) is 6. The highest BCUT2D eigenvalue weighted by molar-refractivity contribution is 6.04. The van der Waals surface area contributed by atoms with Crippen LogP contribution in [0.2, 0.25) is 0 Å². The molecular weight excluding hydrogens is 1030 g/mol. The van der Waals surface area contributed by atoms with E-state index < -0.39 is 66.7 Å². The van der Waals surface area contributed by atoms with Crippen LogP contribution in [0, 0.1) is 24.1 Å². The van der Waals surface area contributed by atoms with E-state index in [1.54, 1.807) is 54.8 Å². The molecule has 3 aliphatic heterocycles. The summed E-state index contributed by atoms with van der Waals surface area (Å²) in [6.07, 6.45) is 2.89. The van der Waals surface area contributed by atoms with E-state index in [2.05, 4.69) is 31.9 Å². The predicted octanol–water partition coefficient (Wildman–Crippen LogP) is 3.45. The largest absolute Gasteiger partial charge is 0.458 e. The third-order valence-corrected chi connectivity index (χ3v) is 15.8. The van der Waals surface area contributed by atoms with E-state index in [0.29, 0.717) is 83.4 Å². The highest BCUT2D eigenvalue weighted by Gasteiger charge is 2.45. The van der Waals surface area contributed by atoms with Gasteiger partial charge in [-0.25, -0.2) is 14.2 Å². The average molecular weight is 1100 g/mol. The van der Waals surface area contributed by atoms with Crippen molar-refractivity contribution in [3.05, 3.63) is 97.6 Å². The van der Waals surface area contributed by atoms with Crippen molar-refractivity contribution in [3.8, 4) is 11.4 Å². The number of ether oxygens (including phenoxy) is 2. The Balaban J connectivity index is 0.780. The van der Waals surface area contributed by atoms with Crippen molar-refractivity contribution < 1.29 is 57.0 Å². The van der Waals surface area contributed by atoms with Crippen LogP contribution in [0.25, 0.3) is 22.3 Å². The minimum absolute atomic E-state index is 0.0234. The normalized spacial score (nSPS) is 17.4. The standard InChI is InChI=1S/C58H70FN9O12/c1-6-58(4,5)38-25-49(74)67(56(38)77)22-13-9-12-17-44(69)61-27-47(72)62-29-48(73)65-42(23-33-15-10-8-11-16-33)54(75)63-28-46(71)60-21-14-18-45(70)64-40-20-19-34-32(3)39(59)26-41-50(34)51(40)36-30-68-43(52(36)66-41)24-35-37(55(68)76)31-80-57(78)53(35)79-7-2/h8,10-11,15-16,24,26,38,40,42,53H,6-7,9,12-14,17-23,25,27-31H2,1-5H3,(H,60,71)(H,61,69)(H,62,72)(H,63,75)(H,64,70)(H,65,73)/t38?,40-,42-,53?/m0/s1. The van der Waals surface area contributed by atoms with Crippen molar-refractivity contribution in [2.24, 2.45) is 11.3 Å². The van der Waals surface area contributed by atoms with Gasteiger partial charge in [-0.1, -0.05) is 63.9 Å². The second-order valence-corrected chi connectivity index (χ2v) is 21.5. The third kappa shape index (κ3) is 13.1. The van der Waals surface area contributed by atoms with Crippen molar-refractivity contribution in [2.45, 2.75) is 137 Å². The summed E-state index contributed by atoms with van der Waals surface area (Å²) in [5.41, 5.74) is 4.78. The molecule has 5 heterocycles. The number of nitrogens with one attached hydrogen (secondary N) is 6. The molecule has 80 heavy (non-hydrogen) atoms.